The summed E-state index contributed by atoms with van der Waals surface area (Å²) in [4.78, 5) is 0. The molecule has 0 aliphatic rings. The molecule has 0 rings (SSSR count). The van der Waals surface area contributed by atoms with Gasteiger partial charge in [-0.25, -0.2) is 8.42 Å². The van der Waals surface area contributed by atoms with Gasteiger partial charge in [0.2, 0.25) is 0 Å². The van der Waals surface area contributed by atoms with Gasteiger partial charge in [0, 0.05) is 12.4 Å². The molecule has 0 aliphatic heterocycles. The first kappa shape index (κ1) is 8.91. The van der Waals surface area contributed by atoms with E-state index < -0.39 is 9.84 Å². The lowest BCUT2D eigenvalue weighted by atomic mass is 10.5. The summed E-state index contributed by atoms with van der Waals surface area (Å²) in [6.45, 7) is 1.47. The molecule has 0 heterocycles. The zero-order valence-corrected chi connectivity index (χ0v) is 6.19. The number of hydrogen-bond acceptors (Lipinski definition) is 3. The van der Waals surface area contributed by atoms with Crippen molar-refractivity contribution in [2.24, 2.45) is 0 Å². The van der Waals surface area contributed by atoms with E-state index in [1.165, 1.54) is 0 Å². The maximum atomic E-state index is 10.6. The summed E-state index contributed by atoms with van der Waals surface area (Å²) >= 11 is 0. The second-order valence-electron chi connectivity index (χ2n) is 1.63. The average Bonchev–Trinajstić information content (AvgIpc) is 1.84. The zero-order valence-electron chi connectivity index (χ0n) is 5.37. The molecule has 0 aromatic rings. The van der Waals surface area contributed by atoms with Crippen molar-refractivity contribution in [1.29, 1.82) is 0 Å². The van der Waals surface area contributed by atoms with E-state index in [1.807, 2.05) is 0 Å². The fourth-order valence-corrected chi connectivity index (χ4v) is 1.05. The van der Waals surface area contributed by atoms with Crippen molar-refractivity contribution in [3.05, 3.63) is 5.75 Å². The molecule has 0 aliphatic carbocycles. The van der Waals surface area contributed by atoms with Crippen molar-refractivity contribution in [1.82, 2.24) is 0 Å². The van der Waals surface area contributed by atoms with Crippen LogP contribution in [0.4, 0.5) is 0 Å². The van der Waals surface area contributed by atoms with Gasteiger partial charge in [-0.05, 0) is 6.42 Å². The number of aliphatic hydroxyl groups is 1. The summed E-state index contributed by atoms with van der Waals surface area (Å²) in [5, 5.41) is 8.23. The third-order valence-electron chi connectivity index (χ3n) is 0.903. The van der Waals surface area contributed by atoms with E-state index in [4.69, 9.17) is 5.11 Å². The van der Waals surface area contributed by atoms with E-state index in [2.05, 4.69) is 0 Å². The van der Waals surface area contributed by atoms with Crippen molar-refractivity contribution >= 4 is 9.84 Å². The van der Waals surface area contributed by atoms with Gasteiger partial charge >= 0.3 is 0 Å². The van der Waals surface area contributed by atoms with Gasteiger partial charge in [0.1, 0.15) is 0 Å². The predicted octanol–water partition coefficient (Wildman–Crippen LogP) is -0.0347. The first-order valence-electron chi connectivity index (χ1n) is 2.79. The van der Waals surface area contributed by atoms with Gasteiger partial charge in [0.05, 0.1) is 5.75 Å². The maximum Gasteiger partial charge on any atom is 0.154 e. The van der Waals surface area contributed by atoms with Crippen LogP contribution in [0, 0.1) is 5.75 Å². The van der Waals surface area contributed by atoms with Gasteiger partial charge in [0.15, 0.2) is 9.84 Å². The minimum absolute atomic E-state index is 0.0980. The maximum absolute atomic E-state index is 10.6. The van der Waals surface area contributed by atoms with Gasteiger partial charge in [-0.1, -0.05) is 6.92 Å². The monoisotopic (exact) mass is 151 g/mol. The van der Waals surface area contributed by atoms with Crippen LogP contribution in [-0.2, 0) is 9.84 Å². The lowest BCUT2D eigenvalue weighted by Crippen LogP contribution is -2.03. The Labute approximate surface area is 55.6 Å². The van der Waals surface area contributed by atoms with Crippen LogP contribution in [0.2, 0.25) is 0 Å². The van der Waals surface area contributed by atoms with Crippen LogP contribution >= 0.6 is 0 Å². The fraction of sp³-hybridized carbons (Fsp3) is 0.800. The lowest BCUT2D eigenvalue weighted by Gasteiger charge is -1.95. The van der Waals surface area contributed by atoms with Gasteiger partial charge in [-0.15, -0.1) is 0 Å². The normalized spacial score (nSPS) is 11.8. The molecule has 1 radical (unpaired) electrons. The molecular weight excluding hydrogens is 140 g/mol. The highest BCUT2D eigenvalue weighted by atomic mass is 32.2. The van der Waals surface area contributed by atoms with E-state index in [9.17, 15) is 8.42 Å². The molecule has 0 bridgehead atoms. The molecule has 0 atom stereocenters. The molecule has 4 heteroatoms. The minimum atomic E-state index is -2.97. The second kappa shape index (κ2) is 3.85. The summed E-state index contributed by atoms with van der Waals surface area (Å²) < 4.78 is 21.2. The van der Waals surface area contributed by atoms with E-state index in [0.29, 0.717) is 0 Å². The van der Waals surface area contributed by atoms with Gasteiger partial charge < -0.3 is 5.11 Å². The van der Waals surface area contributed by atoms with E-state index in [1.54, 1.807) is 6.92 Å². The molecule has 0 saturated carbocycles. The van der Waals surface area contributed by atoms with E-state index in [0.717, 1.165) is 5.75 Å². The number of aliphatic hydroxyl groups excluding tert-OH is 1. The standard InChI is InChI=1S/C5H11O3S/c1-2-9(7,8)5-3-4-6/h5-6H,2-4H2,1H3. The molecule has 0 fully saturated rings. The predicted molar refractivity (Wildman–Crippen MR) is 35.5 cm³/mol. The molecule has 0 aromatic heterocycles. The Hall–Kier alpha value is -0.0900. The molecule has 0 saturated heterocycles. The lowest BCUT2D eigenvalue weighted by molar-refractivity contribution is 0.300. The Balaban J connectivity index is 3.61. The number of sulfone groups is 1. The summed E-state index contributed by atoms with van der Waals surface area (Å²) in [7, 11) is -2.97. The largest absolute Gasteiger partial charge is 0.396 e. The quantitative estimate of drug-likeness (QED) is 0.613. The fourth-order valence-electron chi connectivity index (χ4n) is 0.350. The topological polar surface area (TPSA) is 54.4 Å². The highest BCUT2D eigenvalue weighted by Crippen LogP contribution is 1.97. The summed E-state index contributed by atoms with van der Waals surface area (Å²) in [5.74, 6) is 1.26. The third-order valence-corrected chi connectivity index (χ3v) is 2.45. The highest BCUT2D eigenvalue weighted by Gasteiger charge is 2.05. The van der Waals surface area contributed by atoms with Crippen LogP contribution in [0.3, 0.4) is 0 Å². The van der Waals surface area contributed by atoms with E-state index in [-0.39, 0.29) is 18.8 Å². The molecule has 1 N–H and O–H groups in total. The molecular formula is C5H11O3S. The van der Waals surface area contributed by atoms with Crippen LogP contribution in [-0.4, -0.2) is 25.9 Å². The highest BCUT2D eigenvalue weighted by molar-refractivity contribution is 7.93. The third kappa shape index (κ3) is 4.42. The van der Waals surface area contributed by atoms with Gasteiger partial charge in [-0.2, -0.15) is 0 Å². The average molecular weight is 151 g/mol. The molecule has 55 valence electrons. The Morgan fingerprint density at radius 3 is 2.44 bits per heavy atom. The van der Waals surface area contributed by atoms with Crippen molar-refractivity contribution in [3.63, 3.8) is 0 Å². The van der Waals surface area contributed by atoms with Crippen LogP contribution in [0.1, 0.15) is 13.3 Å². The smallest absolute Gasteiger partial charge is 0.154 e. The second-order valence-corrected chi connectivity index (χ2v) is 3.87. The molecule has 0 aromatic carbocycles. The molecule has 0 amide bonds. The van der Waals surface area contributed by atoms with Gasteiger partial charge in [-0.3, -0.25) is 0 Å². The Morgan fingerprint density at radius 2 is 2.11 bits per heavy atom. The Bertz CT molecular complexity index is 148. The van der Waals surface area contributed by atoms with Crippen LogP contribution in [0.25, 0.3) is 0 Å². The van der Waals surface area contributed by atoms with Gasteiger partial charge in [0.25, 0.3) is 0 Å². The van der Waals surface area contributed by atoms with E-state index >= 15 is 0 Å². The molecule has 9 heavy (non-hydrogen) atoms. The van der Waals surface area contributed by atoms with Crippen molar-refractivity contribution in [2.45, 2.75) is 13.3 Å². The van der Waals surface area contributed by atoms with Crippen molar-refractivity contribution in [2.75, 3.05) is 12.4 Å². The minimum Gasteiger partial charge on any atom is -0.396 e. The number of hydrogen-bond donors (Lipinski definition) is 1. The molecule has 0 spiro atoms. The van der Waals surface area contributed by atoms with Crippen LogP contribution in [0.5, 0.6) is 0 Å². The number of rotatable bonds is 4. The van der Waals surface area contributed by atoms with Crippen molar-refractivity contribution < 1.29 is 13.5 Å². The first-order valence-corrected chi connectivity index (χ1v) is 4.50. The summed E-state index contributed by atoms with van der Waals surface area (Å²) in [6.07, 6.45) is 0.232. The molecule has 0 unspecified atom stereocenters. The first-order chi connectivity index (χ1) is 4.12. The molecule has 3 nitrogen and oxygen atoms in total. The van der Waals surface area contributed by atoms with Crippen LogP contribution in [0.15, 0.2) is 0 Å². The summed E-state index contributed by atoms with van der Waals surface area (Å²) in [5.41, 5.74) is 0. The van der Waals surface area contributed by atoms with Crippen molar-refractivity contribution in [3.8, 4) is 0 Å². The summed E-state index contributed by atoms with van der Waals surface area (Å²) in [6, 6.07) is 0. The Morgan fingerprint density at radius 1 is 1.56 bits per heavy atom. The zero-order chi connectivity index (χ0) is 7.33. The van der Waals surface area contributed by atoms with Crippen LogP contribution < -0.4 is 0 Å². The SMILES string of the molecule is CCS(=O)(=O)[CH]CCO. The Kier molecular flexibility index (Phi) is 3.81.